The van der Waals surface area contributed by atoms with E-state index >= 15 is 0 Å². The van der Waals surface area contributed by atoms with Crippen LogP contribution in [0, 0.1) is 0 Å². The lowest BCUT2D eigenvalue weighted by molar-refractivity contribution is 0.00578. The zero-order chi connectivity index (χ0) is 22.5. The van der Waals surface area contributed by atoms with Gasteiger partial charge in [0, 0.05) is 39.4 Å². The molecule has 2 saturated heterocycles. The van der Waals surface area contributed by atoms with E-state index in [0.29, 0.717) is 13.1 Å². The Kier molecular flexibility index (Phi) is 5.93. The van der Waals surface area contributed by atoms with Crippen molar-refractivity contribution in [2.45, 2.75) is 84.2 Å². The molecule has 1 aromatic rings. The molecule has 0 aromatic carbocycles. The summed E-state index contributed by atoms with van der Waals surface area (Å²) in [6.07, 6.45) is 3.50. The molecule has 2 aliphatic rings. The molecule has 0 unspecified atom stereocenters. The molecule has 0 spiro atoms. The summed E-state index contributed by atoms with van der Waals surface area (Å²) in [5.74, 6) is 0.871. The third kappa shape index (κ3) is 4.62. The van der Waals surface area contributed by atoms with Crippen LogP contribution in [0.25, 0.3) is 0 Å². The van der Waals surface area contributed by atoms with Crippen LogP contribution in [-0.4, -0.2) is 71.7 Å². The van der Waals surface area contributed by atoms with E-state index in [4.69, 9.17) is 19.0 Å². The van der Waals surface area contributed by atoms with E-state index in [-0.39, 0.29) is 12.1 Å². The van der Waals surface area contributed by atoms with Gasteiger partial charge < -0.3 is 28.4 Å². The van der Waals surface area contributed by atoms with Crippen LogP contribution in [-0.2, 0) is 14.0 Å². The summed E-state index contributed by atoms with van der Waals surface area (Å²) < 4.78 is 20.1. The molecule has 30 heavy (non-hydrogen) atoms. The maximum absolute atomic E-state index is 12.4. The number of anilines is 1. The van der Waals surface area contributed by atoms with Crippen molar-refractivity contribution in [3.8, 4) is 0 Å². The molecule has 0 saturated carbocycles. The fraction of sp³-hybridized carbons (Fsp3) is 0.810. The Hall–Kier alpha value is -1.74. The van der Waals surface area contributed by atoms with Gasteiger partial charge in [-0.25, -0.2) is 9.78 Å². The molecule has 9 heteroatoms. The number of nitrogens with zero attached hydrogens (tertiary/aromatic N) is 4. The quantitative estimate of drug-likeness (QED) is 0.701. The second kappa shape index (κ2) is 7.75. The monoisotopic (exact) mass is 420 g/mol. The SMILES string of the molecule is CN(C)c1nc(B2OC(C)(C)C(C)(C)O2)cn1C1CCN(C(=O)OC(C)(C)C)CC1. The lowest BCUT2D eigenvalue weighted by atomic mass is 9.85. The van der Waals surface area contributed by atoms with Crippen LogP contribution in [0.2, 0.25) is 0 Å². The lowest BCUT2D eigenvalue weighted by Crippen LogP contribution is -2.42. The summed E-state index contributed by atoms with van der Waals surface area (Å²) in [7, 11) is 3.49. The first-order valence-electron chi connectivity index (χ1n) is 10.8. The van der Waals surface area contributed by atoms with Crippen molar-refractivity contribution >= 4 is 24.8 Å². The van der Waals surface area contributed by atoms with Gasteiger partial charge in [0.25, 0.3) is 0 Å². The van der Waals surface area contributed by atoms with E-state index in [1.165, 1.54) is 0 Å². The zero-order valence-corrected chi connectivity index (χ0v) is 20.0. The third-order valence-electron chi connectivity index (χ3n) is 6.14. The Labute approximate surface area is 181 Å². The van der Waals surface area contributed by atoms with E-state index in [9.17, 15) is 4.79 Å². The third-order valence-corrected chi connectivity index (χ3v) is 6.14. The molecule has 1 aromatic heterocycles. The summed E-state index contributed by atoms with van der Waals surface area (Å²) in [5.41, 5.74) is -0.502. The highest BCUT2D eigenvalue weighted by Gasteiger charge is 2.53. The van der Waals surface area contributed by atoms with Gasteiger partial charge in [-0.05, 0) is 61.3 Å². The molecule has 0 N–H and O–H groups in total. The molecule has 0 atom stereocenters. The summed E-state index contributed by atoms with van der Waals surface area (Å²) in [4.78, 5) is 21.0. The fourth-order valence-electron chi connectivity index (χ4n) is 3.73. The smallest absolute Gasteiger partial charge is 0.444 e. The number of piperidine rings is 1. The van der Waals surface area contributed by atoms with Gasteiger partial charge in [-0.15, -0.1) is 0 Å². The molecule has 0 aliphatic carbocycles. The van der Waals surface area contributed by atoms with Crippen molar-refractivity contribution in [3.63, 3.8) is 0 Å². The minimum atomic E-state index is -0.489. The first kappa shape index (κ1) is 22.9. The fourth-order valence-corrected chi connectivity index (χ4v) is 3.73. The molecule has 2 fully saturated rings. The molecule has 8 nitrogen and oxygen atoms in total. The standard InChI is InChI=1S/C21H37BN4O4/c1-19(2,3)28-18(27)25-12-10-15(11-13-25)26-14-16(23-17(26)24(8)9)22-29-20(4,5)21(6,7)30-22/h14-15H,10-13H2,1-9H3. The van der Waals surface area contributed by atoms with Crippen LogP contribution < -0.4 is 10.5 Å². The van der Waals surface area contributed by atoms with Gasteiger partial charge in [0.2, 0.25) is 5.95 Å². The second-order valence-corrected chi connectivity index (χ2v) is 10.6. The molecular weight excluding hydrogens is 383 g/mol. The van der Waals surface area contributed by atoms with Crippen LogP contribution in [0.4, 0.5) is 10.7 Å². The number of likely N-dealkylation sites (tertiary alicyclic amines) is 1. The predicted octanol–water partition coefficient (Wildman–Crippen LogP) is 2.82. The summed E-state index contributed by atoms with van der Waals surface area (Å²) in [5, 5.41) is 0. The van der Waals surface area contributed by atoms with Gasteiger partial charge in [0.1, 0.15) is 5.60 Å². The molecule has 1 amide bonds. The Morgan fingerprint density at radius 2 is 1.70 bits per heavy atom. The van der Waals surface area contributed by atoms with Gasteiger partial charge in [-0.1, -0.05) is 0 Å². The number of carbonyl (C=O) groups excluding carboxylic acids is 1. The van der Waals surface area contributed by atoms with E-state index < -0.39 is 23.9 Å². The zero-order valence-electron chi connectivity index (χ0n) is 20.0. The first-order valence-corrected chi connectivity index (χ1v) is 10.8. The van der Waals surface area contributed by atoms with Crippen LogP contribution in [0.5, 0.6) is 0 Å². The predicted molar refractivity (Wildman–Crippen MR) is 118 cm³/mol. The van der Waals surface area contributed by atoms with Crippen molar-refractivity contribution < 1.29 is 18.8 Å². The molecular formula is C21H37BN4O4. The number of imidazole rings is 1. The maximum atomic E-state index is 12.4. The Morgan fingerprint density at radius 3 is 2.17 bits per heavy atom. The van der Waals surface area contributed by atoms with Gasteiger partial charge in [-0.3, -0.25) is 0 Å². The topological polar surface area (TPSA) is 69.1 Å². The molecule has 3 rings (SSSR count). The number of carbonyl (C=O) groups is 1. The molecule has 0 radical (unpaired) electrons. The van der Waals surface area contributed by atoms with Crippen molar-refractivity contribution in [1.29, 1.82) is 0 Å². The number of hydrogen-bond donors (Lipinski definition) is 0. The largest absolute Gasteiger partial charge is 0.516 e. The minimum absolute atomic E-state index is 0.239. The highest BCUT2D eigenvalue weighted by Crippen LogP contribution is 2.37. The number of hydrogen-bond acceptors (Lipinski definition) is 6. The summed E-state index contributed by atoms with van der Waals surface area (Å²) >= 11 is 0. The van der Waals surface area contributed by atoms with Gasteiger partial charge in [-0.2, -0.15) is 0 Å². The van der Waals surface area contributed by atoms with Gasteiger partial charge >= 0.3 is 13.2 Å². The van der Waals surface area contributed by atoms with Crippen LogP contribution >= 0.6 is 0 Å². The number of ether oxygens (including phenoxy) is 1. The molecule has 3 heterocycles. The van der Waals surface area contributed by atoms with Gasteiger partial charge in [0.05, 0.1) is 16.8 Å². The van der Waals surface area contributed by atoms with Crippen LogP contribution in [0.1, 0.15) is 67.3 Å². The summed E-state index contributed by atoms with van der Waals surface area (Å²) in [6, 6.07) is 0.254. The van der Waals surface area contributed by atoms with E-state index in [2.05, 4.69) is 4.57 Å². The number of amides is 1. The van der Waals surface area contributed by atoms with Crippen molar-refractivity contribution in [2.24, 2.45) is 0 Å². The van der Waals surface area contributed by atoms with Gasteiger partial charge in [0.15, 0.2) is 0 Å². The number of rotatable bonds is 3. The minimum Gasteiger partial charge on any atom is -0.444 e. The normalized spacial score (nSPS) is 21.8. The van der Waals surface area contributed by atoms with Crippen LogP contribution in [0.15, 0.2) is 6.20 Å². The first-order chi connectivity index (χ1) is 13.7. The Bertz CT molecular complexity index is 760. The maximum Gasteiger partial charge on any atom is 0.516 e. The van der Waals surface area contributed by atoms with E-state index in [1.54, 1.807) is 4.90 Å². The lowest BCUT2D eigenvalue weighted by Gasteiger charge is -2.34. The molecule has 168 valence electrons. The Balaban J connectivity index is 1.74. The van der Waals surface area contributed by atoms with Crippen LogP contribution in [0.3, 0.4) is 0 Å². The molecule has 2 aliphatic heterocycles. The van der Waals surface area contributed by atoms with Crippen molar-refractivity contribution in [1.82, 2.24) is 14.5 Å². The van der Waals surface area contributed by atoms with Crippen molar-refractivity contribution in [3.05, 3.63) is 6.20 Å². The molecule has 0 bridgehead atoms. The Morgan fingerprint density at radius 1 is 1.17 bits per heavy atom. The average molecular weight is 420 g/mol. The van der Waals surface area contributed by atoms with Crippen molar-refractivity contribution in [2.75, 3.05) is 32.1 Å². The highest BCUT2D eigenvalue weighted by atomic mass is 16.7. The second-order valence-electron chi connectivity index (χ2n) is 10.6. The summed E-state index contributed by atoms with van der Waals surface area (Å²) in [6.45, 7) is 15.2. The van der Waals surface area contributed by atoms with E-state index in [0.717, 1.165) is 24.4 Å². The van der Waals surface area contributed by atoms with E-state index in [1.807, 2.05) is 73.7 Å². The highest BCUT2D eigenvalue weighted by molar-refractivity contribution is 6.61. The average Bonchev–Trinajstić information content (AvgIpc) is 3.13. The number of aromatic nitrogens is 2.